The van der Waals surface area contributed by atoms with Crippen LogP contribution in [-0.4, -0.2) is 43.8 Å². The van der Waals surface area contributed by atoms with Crippen LogP contribution in [0.4, 0.5) is 5.69 Å². The highest BCUT2D eigenvalue weighted by Gasteiger charge is 2.35. The molecule has 0 radical (unpaired) electrons. The first-order chi connectivity index (χ1) is 20.0. The molecule has 2 amide bonds. The van der Waals surface area contributed by atoms with Crippen LogP contribution in [0.2, 0.25) is 10.0 Å². The van der Waals surface area contributed by atoms with E-state index < -0.39 is 28.5 Å². The van der Waals surface area contributed by atoms with Crippen LogP contribution >= 0.6 is 39.1 Å². The molecular formula is C31H34BrCl2N3O4S. The van der Waals surface area contributed by atoms with Crippen molar-refractivity contribution >= 4 is 66.7 Å². The third-order valence-corrected chi connectivity index (χ3v) is 10.5. The van der Waals surface area contributed by atoms with E-state index in [1.54, 1.807) is 54.6 Å². The molecule has 1 fully saturated rings. The average molecular weight is 696 g/mol. The van der Waals surface area contributed by atoms with Gasteiger partial charge in [-0.25, -0.2) is 8.42 Å². The number of aryl methyl sites for hydroxylation is 1. The molecule has 0 saturated heterocycles. The lowest BCUT2D eigenvalue weighted by molar-refractivity contribution is -0.140. The minimum absolute atomic E-state index is 0.0496. The normalized spacial score (nSPS) is 14.4. The fourth-order valence-corrected chi connectivity index (χ4v) is 7.31. The largest absolute Gasteiger partial charge is 0.352 e. The van der Waals surface area contributed by atoms with Gasteiger partial charge in [-0.05, 0) is 74.7 Å². The lowest BCUT2D eigenvalue weighted by atomic mass is 10.1. The van der Waals surface area contributed by atoms with Crippen LogP contribution in [0.15, 0.2) is 76.1 Å². The first-order valence-electron chi connectivity index (χ1n) is 13.9. The van der Waals surface area contributed by atoms with Crippen molar-refractivity contribution in [3.63, 3.8) is 0 Å². The van der Waals surface area contributed by atoms with Gasteiger partial charge >= 0.3 is 0 Å². The molecular weight excluding hydrogens is 661 g/mol. The van der Waals surface area contributed by atoms with Crippen molar-refractivity contribution in [1.29, 1.82) is 0 Å². The van der Waals surface area contributed by atoms with Crippen LogP contribution in [0.1, 0.15) is 50.2 Å². The van der Waals surface area contributed by atoms with Crippen molar-refractivity contribution in [2.24, 2.45) is 0 Å². The number of carbonyl (C=O) groups is 2. The van der Waals surface area contributed by atoms with Crippen LogP contribution in [0.5, 0.6) is 0 Å². The number of hydrogen-bond acceptors (Lipinski definition) is 4. The highest BCUT2D eigenvalue weighted by Crippen LogP contribution is 2.29. The van der Waals surface area contributed by atoms with Crippen molar-refractivity contribution in [2.75, 3.05) is 10.8 Å². The highest BCUT2D eigenvalue weighted by molar-refractivity contribution is 9.10. The summed E-state index contributed by atoms with van der Waals surface area (Å²) in [6.07, 6.45) is 4.17. The van der Waals surface area contributed by atoms with Gasteiger partial charge in [-0.15, -0.1) is 0 Å². The molecule has 3 aromatic rings. The number of rotatable bonds is 11. The van der Waals surface area contributed by atoms with Crippen LogP contribution in [-0.2, 0) is 26.2 Å². The molecule has 3 aromatic carbocycles. The van der Waals surface area contributed by atoms with Gasteiger partial charge in [0.15, 0.2) is 0 Å². The summed E-state index contributed by atoms with van der Waals surface area (Å²) in [7, 11) is -4.15. The van der Waals surface area contributed by atoms with Gasteiger partial charge in [0, 0.05) is 32.7 Å². The van der Waals surface area contributed by atoms with Crippen LogP contribution < -0.4 is 9.62 Å². The lowest BCUT2D eigenvalue weighted by Crippen LogP contribution is -2.53. The predicted molar refractivity (Wildman–Crippen MR) is 171 cm³/mol. The Kier molecular flexibility index (Phi) is 11.0. The smallest absolute Gasteiger partial charge is 0.264 e. The standard InChI is InChI=1S/C31H34BrCl2N3O4S/c1-3-29(31(39)35-23-7-4-5-8-23)36(19-26-27(33)9-6-10-28(26)34)30(38)20-37(24-15-13-22(32)14-16-24)42(40,41)25-17-11-21(2)12-18-25/h6,9-18,23,29H,3-5,7-8,19-20H2,1-2H3,(H,35,39). The Morgan fingerprint density at radius 2 is 1.57 bits per heavy atom. The quantitative estimate of drug-likeness (QED) is 0.232. The SMILES string of the molecule is CCC(C(=O)NC1CCCC1)N(Cc1c(Cl)cccc1Cl)C(=O)CN(c1ccc(Br)cc1)S(=O)(=O)c1ccc(C)cc1. The molecule has 224 valence electrons. The lowest BCUT2D eigenvalue weighted by Gasteiger charge is -2.34. The monoisotopic (exact) mass is 693 g/mol. The molecule has 11 heteroatoms. The van der Waals surface area contributed by atoms with Crippen LogP contribution in [0, 0.1) is 6.92 Å². The molecule has 1 N–H and O–H groups in total. The van der Waals surface area contributed by atoms with Crippen LogP contribution in [0.3, 0.4) is 0 Å². The van der Waals surface area contributed by atoms with Crippen molar-refractivity contribution in [2.45, 2.75) is 69.5 Å². The Balaban J connectivity index is 1.74. The molecule has 0 spiro atoms. The maximum Gasteiger partial charge on any atom is 0.264 e. The first kappa shape index (κ1) is 32.3. The minimum Gasteiger partial charge on any atom is -0.352 e. The molecule has 1 aliphatic carbocycles. The molecule has 0 heterocycles. The Morgan fingerprint density at radius 1 is 0.976 bits per heavy atom. The van der Waals surface area contributed by atoms with E-state index in [-0.39, 0.29) is 23.4 Å². The summed E-state index contributed by atoms with van der Waals surface area (Å²) in [5, 5.41) is 3.80. The molecule has 42 heavy (non-hydrogen) atoms. The maximum atomic E-state index is 14.2. The summed E-state index contributed by atoms with van der Waals surface area (Å²) in [5.41, 5.74) is 1.70. The van der Waals surface area contributed by atoms with Gasteiger partial charge in [0.25, 0.3) is 10.0 Å². The Bertz CT molecular complexity index is 1490. The van der Waals surface area contributed by atoms with Gasteiger partial charge in [-0.1, -0.05) is 82.7 Å². The average Bonchev–Trinajstić information content (AvgIpc) is 3.47. The third-order valence-electron chi connectivity index (χ3n) is 7.48. The number of amides is 2. The van der Waals surface area contributed by atoms with Gasteiger partial charge in [0.05, 0.1) is 10.6 Å². The van der Waals surface area contributed by atoms with Gasteiger partial charge < -0.3 is 10.2 Å². The molecule has 0 aliphatic heterocycles. The first-order valence-corrected chi connectivity index (χ1v) is 16.9. The summed E-state index contributed by atoms with van der Waals surface area (Å²) in [4.78, 5) is 29.3. The molecule has 0 bridgehead atoms. The number of sulfonamides is 1. The summed E-state index contributed by atoms with van der Waals surface area (Å²) in [6, 6.07) is 17.4. The number of hydrogen-bond donors (Lipinski definition) is 1. The highest BCUT2D eigenvalue weighted by atomic mass is 79.9. The Labute approximate surface area is 266 Å². The zero-order chi connectivity index (χ0) is 30.4. The summed E-state index contributed by atoms with van der Waals surface area (Å²) in [6.45, 7) is 3.09. The second kappa shape index (κ2) is 14.3. The number of halogens is 3. The number of carbonyl (C=O) groups excluding carboxylic acids is 2. The van der Waals surface area contributed by atoms with Crippen molar-refractivity contribution in [1.82, 2.24) is 10.2 Å². The molecule has 1 aliphatic rings. The van der Waals surface area contributed by atoms with Gasteiger partial charge in [-0.3, -0.25) is 13.9 Å². The van der Waals surface area contributed by atoms with E-state index in [0.29, 0.717) is 27.7 Å². The zero-order valence-electron chi connectivity index (χ0n) is 23.5. The van der Waals surface area contributed by atoms with E-state index in [0.717, 1.165) is 40.0 Å². The summed E-state index contributed by atoms with van der Waals surface area (Å²) >= 11 is 16.4. The van der Waals surface area contributed by atoms with Crippen molar-refractivity contribution in [3.05, 3.63) is 92.4 Å². The van der Waals surface area contributed by atoms with E-state index in [9.17, 15) is 18.0 Å². The fourth-order valence-electron chi connectivity index (χ4n) is 5.11. The maximum absolute atomic E-state index is 14.2. The number of nitrogens with one attached hydrogen (secondary N) is 1. The Hall–Kier alpha value is -2.59. The predicted octanol–water partition coefficient (Wildman–Crippen LogP) is 7.13. The molecule has 1 saturated carbocycles. The van der Waals surface area contributed by atoms with Crippen LogP contribution in [0.25, 0.3) is 0 Å². The topological polar surface area (TPSA) is 86.8 Å². The second-order valence-electron chi connectivity index (χ2n) is 10.4. The summed E-state index contributed by atoms with van der Waals surface area (Å²) < 4.78 is 29.8. The van der Waals surface area contributed by atoms with E-state index >= 15 is 0 Å². The van der Waals surface area contributed by atoms with E-state index in [1.807, 2.05) is 13.8 Å². The van der Waals surface area contributed by atoms with Crippen molar-refractivity contribution in [3.8, 4) is 0 Å². The Morgan fingerprint density at radius 3 is 2.14 bits per heavy atom. The van der Waals surface area contributed by atoms with Crippen molar-refractivity contribution < 1.29 is 18.0 Å². The number of benzene rings is 3. The van der Waals surface area contributed by atoms with Gasteiger partial charge in [0.1, 0.15) is 12.6 Å². The third kappa shape index (κ3) is 7.67. The van der Waals surface area contributed by atoms with Gasteiger partial charge in [-0.2, -0.15) is 0 Å². The molecule has 0 aromatic heterocycles. The number of anilines is 1. The summed E-state index contributed by atoms with van der Waals surface area (Å²) in [5.74, 6) is -0.837. The number of nitrogens with zero attached hydrogens (tertiary/aromatic N) is 2. The second-order valence-corrected chi connectivity index (χ2v) is 14.0. The minimum atomic E-state index is -4.15. The molecule has 1 unspecified atom stereocenters. The van der Waals surface area contributed by atoms with E-state index in [4.69, 9.17) is 23.2 Å². The zero-order valence-corrected chi connectivity index (χ0v) is 27.4. The molecule has 1 atom stereocenters. The molecule has 4 rings (SSSR count). The van der Waals surface area contributed by atoms with Gasteiger partial charge in [0.2, 0.25) is 11.8 Å². The van der Waals surface area contributed by atoms with E-state index in [2.05, 4.69) is 21.2 Å². The van der Waals surface area contributed by atoms with E-state index in [1.165, 1.54) is 17.0 Å². The fraction of sp³-hybridized carbons (Fsp3) is 0.355. The molecule has 7 nitrogen and oxygen atoms in total.